The molecular weight excluding hydrogens is 256 g/mol. The fourth-order valence-corrected chi connectivity index (χ4v) is 2.09. The molecule has 2 heterocycles. The number of aromatic nitrogens is 4. The summed E-state index contributed by atoms with van der Waals surface area (Å²) in [6.07, 6.45) is 5.00. The summed E-state index contributed by atoms with van der Waals surface area (Å²) in [6, 6.07) is 5.05. The first-order chi connectivity index (χ1) is 9.65. The average molecular weight is 268 g/mol. The van der Waals surface area contributed by atoms with Gasteiger partial charge in [-0.05, 0) is 19.1 Å². The summed E-state index contributed by atoms with van der Waals surface area (Å²) >= 11 is 0. The normalized spacial score (nSPS) is 10.8. The predicted octanol–water partition coefficient (Wildman–Crippen LogP) is 1.88. The molecular formula is C14H12N4O2. The van der Waals surface area contributed by atoms with Gasteiger partial charge in [0.05, 0.1) is 47.1 Å². The van der Waals surface area contributed by atoms with Gasteiger partial charge >= 0.3 is 5.97 Å². The fraction of sp³-hybridized carbons (Fsp3) is 0.143. The molecule has 0 radical (unpaired) electrons. The fourth-order valence-electron chi connectivity index (χ4n) is 2.09. The Balaban J connectivity index is 2.07. The summed E-state index contributed by atoms with van der Waals surface area (Å²) < 4.78 is 1.78. The van der Waals surface area contributed by atoms with E-state index in [2.05, 4.69) is 15.0 Å². The van der Waals surface area contributed by atoms with Gasteiger partial charge in [-0.25, -0.2) is 9.78 Å². The molecule has 0 unspecified atom stereocenters. The molecule has 3 rings (SSSR count). The zero-order chi connectivity index (χ0) is 14.1. The van der Waals surface area contributed by atoms with Gasteiger partial charge in [-0.3, -0.25) is 9.97 Å². The van der Waals surface area contributed by atoms with Gasteiger partial charge in [-0.1, -0.05) is 6.07 Å². The lowest BCUT2D eigenvalue weighted by atomic mass is 10.2. The number of aromatic carboxylic acids is 1. The molecule has 0 spiro atoms. The van der Waals surface area contributed by atoms with Crippen molar-refractivity contribution in [1.29, 1.82) is 0 Å². The maximum atomic E-state index is 11.3. The lowest BCUT2D eigenvalue weighted by Crippen LogP contribution is -2.05. The molecule has 6 heteroatoms. The number of rotatable bonds is 3. The van der Waals surface area contributed by atoms with E-state index in [9.17, 15) is 9.90 Å². The zero-order valence-corrected chi connectivity index (χ0v) is 10.8. The molecule has 0 aliphatic rings. The van der Waals surface area contributed by atoms with Crippen molar-refractivity contribution in [2.24, 2.45) is 0 Å². The monoisotopic (exact) mass is 268 g/mol. The van der Waals surface area contributed by atoms with Crippen LogP contribution in [0.25, 0.3) is 11.0 Å². The Hall–Kier alpha value is -2.76. The highest BCUT2D eigenvalue weighted by Gasteiger charge is 2.13. The second-order valence-electron chi connectivity index (χ2n) is 4.50. The zero-order valence-electron chi connectivity index (χ0n) is 10.8. The first-order valence-electron chi connectivity index (χ1n) is 6.10. The highest BCUT2D eigenvalue weighted by atomic mass is 16.4. The van der Waals surface area contributed by atoms with Gasteiger partial charge in [-0.2, -0.15) is 0 Å². The molecule has 6 nitrogen and oxygen atoms in total. The van der Waals surface area contributed by atoms with Crippen LogP contribution in [0.3, 0.4) is 0 Å². The molecule has 0 amide bonds. The minimum Gasteiger partial charge on any atom is -0.478 e. The first kappa shape index (κ1) is 12.3. The van der Waals surface area contributed by atoms with Crippen molar-refractivity contribution in [3.63, 3.8) is 0 Å². The highest BCUT2D eigenvalue weighted by molar-refractivity contribution is 6.01. The number of hydrogen-bond donors (Lipinski definition) is 1. The van der Waals surface area contributed by atoms with Crippen molar-refractivity contribution >= 4 is 17.0 Å². The summed E-state index contributed by atoms with van der Waals surface area (Å²) in [5.74, 6) is -0.965. The quantitative estimate of drug-likeness (QED) is 0.784. The number of carbonyl (C=O) groups is 1. The van der Waals surface area contributed by atoms with E-state index in [0.717, 1.165) is 11.4 Å². The third-order valence-corrected chi connectivity index (χ3v) is 3.04. The number of imidazole rings is 1. The van der Waals surface area contributed by atoms with Crippen molar-refractivity contribution in [1.82, 2.24) is 19.5 Å². The van der Waals surface area contributed by atoms with Gasteiger partial charge in [0.1, 0.15) is 0 Å². The molecule has 0 fully saturated rings. The van der Waals surface area contributed by atoms with E-state index in [1.165, 1.54) is 0 Å². The molecule has 0 bridgehead atoms. The van der Waals surface area contributed by atoms with Gasteiger partial charge in [0.2, 0.25) is 0 Å². The van der Waals surface area contributed by atoms with E-state index in [0.29, 0.717) is 17.6 Å². The van der Waals surface area contributed by atoms with Gasteiger partial charge in [0.15, 0.2) is 0 Å². The number of carboxylic acids is 1. The van der Waals surface area contributed by atoms with E-state index in [-0.39, 0.29) is 5.56 Å². The Bertz CT molecular complexity index is 777. The van der Waals surface area contributed by atoms with Crippen LogP contribution >= 0.6 is 0 Å². The SMILES string of the molecule is Cc1cnc(Cn2cnc3cccc(C(=O)O)c32)cn1. The minimum absolute atomic E-state index is 0.236. The lowest BCUT2D eigenvalue weighted by molar-refractivity contribution is 0.0698. The molecule has 0 atom stereocenters. The van der Waals surface area contributed by atoms with Crippen molar-refractivity contribution in [3.8, 4) is 0 Å². The maximum absolute atomic E-state index is 11.3. The van der Waals surface area contributed by atoms with Crippen LogP contribution in [0.4, 0.5) is 0 Å². The van der Waals surface area contributed by atoms with Crippen LogP contribution in [0.15, 0.2) is 36.9 Å². The van der Waals surface area contributed by atoms with Crippen LogP contribution in [0.5, 0.6) is 0 Å². The predicted molar refractivity (Wildman–Crippen MR) is 72.6 cm³/mol. The average Bonchev–Trinajstić information content (AvgIpc) is 2.84. The molecule has 100 valence electrons. The van der Waals surface area contributed by atoms with Gasteiger partial charge < -0.3 is 9.67 Å². The Morgan fingerprint density at radius 3 is 2.80 bits per heavy atom. The minimum atomic E-state index is -0.965. The summed E-state index contributed by atoms with van der Waals surface area (Å²) in [6.45, 7) is 2.31. The molecule has 2 aromatic heterocycles. The molecule has 20 heavy (non-hydrogen) atoms. The van der Waals surface area contributed by atoms with E-state index < -0.39 is 5.97 Å². The Morgan fingerprint density at radius 2 is 2.10 bits per heavy atom. The summed E-state index contributed by atoms with van der Waals surface area (Å²) in [7, 11) is 0. The summed E-state index contributed by atoms with van der Waals surface area (Å²) in [5.41, 5.74) is 3.10. The number of carboxylic acid groups (broad SMARTS) is 1. The first-order valence-corrected chi connectivity index (χ1v) is 6.10. The van der Waals surface area contributed by atoms with Crippen molar-refractivity contribution < 1.29 is 9.90 Å². The van der Waals surface area contributed by atoms with Gasteiger partial charge in [0.25, 0.3) is 0 Å². The molecule has 0 saturated heterocycles. The topological polar surface area (TPSA) is 80.9 Å². The van der Waals surface area contributed by atoms with Crippen LogP contribution in [0.1, 0.15) is 21.7 Å². The molecule has 0 aliphatic heterocycles. The van der Waals surface area contributed by atoms with Gasteiger partial charge in [0, 0.05) is 6.20 Å². The lowest BCUT2D eigenvalue weighted by Gasteiger charge is -2.06. The van der Waals surface area contributed by atoms with Crippen LogP contribution < -0.4 is 0 Å². The Kier molecular flexibility index (Phi) is 2.90. The maximum Gasteiger partial charge on any atom is 0.337 e. The van der Waals surface area contributed by atoms with Gasteiger partial charge in [-0.15, -0.1) is 0 Å². The van der Waals surface area contributed by atoms with Crippen molar-refractivity contribution in [3.05, 3.63) is 53.9 Å². The van der Waals surface area contributed by atoms with Crippen LogP contribution in [-0.4, -0.2) is 30.6 Å². The third-order valence-electron chi connectivity index (χ3n) is 3.04. The summed E-state index contributed by atoms with van der Waals surface area (Å²) in [5, 5.41) is 9.26. The van der Waals surface area contributed by atoms with Crippen LogP contribution in [0, 0.1) is 6.92 Å². The van der Waals surface area contributed by atoms with E-state index in [4.69, 9.17) is 0 Å². The highest BCUT2D eigenvalue weighted by Crippen LogP contribution is 2.18. The van der Waals surface area contributed by atoms with E-state index >= 15 is 0 Å². The summed E-state index contributed by atoms with van der Waals surface area (Å²) in [4.78, 5) is 24.0. The Morgan fingerprint density at radius 1 is 1.25 bits per heavy atom. The largest absolute Gasteiger partial charge is 0.478 e. The number of aryl methyl sites for hydroxylation is 1. The van der Waals surface area contributed by atoms with E-state index in [1.54, 1.807) is 41.5 Å². The van der Waals surface area contributed by atoms with Crippen LogP contribution in [0.2, 0.25) is 0 Å². The molecule has 1 N–H and O–H groups in total. The number of hydrogen-bond acceptors (Lipinski definition) is 4. The number of fused-ring (bicyclic) bond motifs is 1. The molecule has 0 saturated carbocycles. The molecule has 0 aliphatic carbocycles. The standard InChI is InChI=1S/C14H12N4O2/c1-9-5-16-10(6-15-9)7-18-8-17-12-4-2-3-11(13(12)18)14(19)20/h2-6,8H,7H2,1H3,(H,19,20). The number of nitrogens with zero attached hydrogens (tertiary/aromatic N) is 4. The van der Waals surface area contributed by atoms with E-state index in [1.807, 2.05) is 6.92 Å². The second kappa shape index (κ2) is 4.73. The molecule has 3 aromatic rings. The number of para-hydroxylation sites is 1. The second-order valence-corrected chi connectivity index (χ2v) is 4.50. The number of benzene rings is 1. The van der Waals surface area contributed by atoms with Crippen LogP contribution in [-0.2, 0) is 6.54 Å². The smallest absolute Gasteiger partial charge is 0.337 e. The Labute approximate surface area is 114 Å². The van der Waals surface area contributed by atoms with Crippen molar-refractivity contribution in [2.45, 2.75) is 13.5 Å². The molecule has 1 aromatic carbocycles. The van der Waals surface area contributed by atoms with Crippen molar-refractivity contribution in [2.75, 3.05) is 0 Å². The third kappa shape index (κ3) is 2.11.